The van der Waals surface area contributed by atoms with E-state index in [1.807, 2.05) is 11.4 Å². The lowest BCUT2D eigenvalue weighted by Gasteiger charge is -2.28. The molecule has 0 amide bonds. The number of ether oxygens (including phenoxy) is 1. The second-order valence-corrected chi connectivity index (χ2v) is 8.80. The van der Waals surface area contributed by atoms with Gasteiger partial charge in [0, 0.05) is 16.8 Å². The number of thiophene rings is 1. The van der Waals surface area contributed by atoms with Gasteiger partial charge < -0.3 is 4.74 Å². The zero-order valence-corrected chi connectivity index (χ0v) is 15.1. The van der Waals surface area contributed by atoms with Crippen LogP contribution in [-0.2, 0) is 15.4 Å². The Labute approximate surface area is 145 Å². The summed E-state index contributed by atoms with van der Waals surface area (Å²) in [4.78, 5) is 1.13. The van der Waals surface area contributed by atoms with Crippen molar-refractivity contribution in [2.24, 2.45) is 0 Å². The zero-order chi connectivity index (χ0) is 17.2. The molecule has 1 aliphatic carbocycles. The Hall–Kier alpha value is -1.44. The zero-order valence-electron chi connectivity index (χ0n) is 13.4. The Morgan fingerprint density at radius 3 is 2.62 bits per heavy atom. The van der Waals surface area contributed by atoms with Gasteiger partial charge in [0.25, 0.3) is 0 Å². The molecule has 0 unspecified atom stereocenters. The number of sulfonamides is 1. The van der Waals surface area contributed by atoms with Crippen molar-refractivity contribution in [3.8, 4) is 5.75 Å². The van der Waals surface area contributed by atoms with E-state index < -0.39 is 15.8 Å². The SMILES string of the molecule is COc1ccc(S(=O)(=O)NCC2(c3cccs3)CCCC2)cc1F. The van der Waals surface area contributed by atoms with Crippen LogP contribution in [0.2, 0.25) is 0 Å². The first-order valence-corrected chi connectivity index (χ1v) is 10.2. The first kappa shape index (κ1) is 17.4. The van der Waals surface area contributed by atoms with Gasteiger partial charge in [0.15, 0.2) is 11.6 Å². The Morgan fingerprint density at radius 2 is 2.04 bits per heavy atom. The Morgan fingerprint density at radius 1 is 1.29 bits per heavy atom. The van der Waals surface area contributed by atoms with E-state index in [1.54, 1.807) is 11.3 Å². The fourth-order valence-electron chi connectivity index (χ4n) is 3.27. The van der Waals surface area contributed by atoms with E-state index in [2.05, 4.69) is 10.8 Å². The molecule has 1 saturated carbocycles. The van der Waals surface area contributed by atoms with E-state index in [9.17, 15) is 12.8 Å². The third kappa shape index (κ3) is 3.34. The van der Waals surface area contributed by atoms with Crippen molar-refractivity contribution >= 4 is 21.4 Å². The Balaban J connectivity index is 1.80. The molecule has 0 saturated heterocycles. The van der Waals surface area contributed by atoms with E-state index >= 15 is 0 Å². The van der Waals surface area contributed by atoms with Gasteiger partial charge in [-0.1, -0.05) is 18.9 Å². The van der Waals surface area contributed by atoms with E-state index in [0.29, 0.717) is 6.54 Å². The van der Waals surface area contributed by atoms with Crippen LogP contribution in [-0.4, -0.2) is 22.1 Å². The quantitative estimate of drug-likeness (QED) is 0.845. The molecule has 4 nitrogen and oxygen atoms in total. The van der Waals surface area contributed by atoms with Gasteiger partial charge in [0.2, 0.25) is 10.0 Å². The highest BCUT2D eigenvalue weighted by atomic mass is 32.2. The van der Waals surface area contributed by atoms with E-state index in [1.165, 1.54) is 24.1 Å². The number of halogens is 1. The van der Waals surface area contributed by atoms with Gasteiger partial charge in [-0.05, 0) is 42.5 Å². The van der Waals surface area contributed by atoms with Crippen LogP contribution in [0.3, 0.4) is 0 Å². The van der Waals surface area contributed by atoms with Gasteiger partial charge in [-0.3, -0.25) is 0 Å². The Kier molecular flexibility index (Phi) is 4.94. The average Bonchev–Trinajstić information content (AvgIpc) is 3.25. The highest BCUT2D eigenvalue weighted by molar-refractivity contribution is 7.89. The minimum absolute atomic E-state index is 0.0276. The minimum atomic E-state index is -3.77. The largest absolute Gasteiger partial charge is 0.494 e. The molecule has 2 aromatic rings. The minimum Gasteiger partial charge on any atom is -0.494 e. The van der Waals surface area contributed by atoms with Crippen LogP contribution < -0.4 is 9.46 Å². The number of methoxy groups -OCH3 is 1. The second kappa shape index (κ2) is 6.82. The maximum absolute atomic E-state index is 13.8. The maximum Gasteiger partial charge on any atom is 0.240 e. The number of rotatable bonds is 6. The molecule has 7 heteroatoms. The molecule has 1 fully saturated rings. The molecular formula is C17H20FNO3S2. The van der Waals surface area contributed by atoms with Gasteiger partial charge >= 0.3 is 0 Å². The summed E-state index contributed by atoms with van der Waals surface area (Å²) in [6.07, 6.45) is 4.12. The summed E-state index contributed by atoms with van der Waals surface area (Å²) in [5.41, 5.74) is -0.147. The van der Waals surface area contributed by atoms with Crippen molar-refractivity contribution in [2.75, 3.05) is 13.7 Å². The van der Waals surface area contributed by atoms with Crippen molar-refractivity contribution in [3.05, 3.63) is 46.4 Å². The molecule has 24 heavy (non-hydrogen) atoms. The van der Waals surface area contributed by atoms with Gasteiger partial charge in [-0.15, -0.1) is 11.3 Å². The smallest absolute Gasteiger partial charge is 0.240 e. The first-order chi connectivity index (χ1) is 11.5. The fourth-order valence-corrected chi connectivity index (χ4v) is 5.40. The molecule has 0 radical (unpaired) electrons. The van der Waals surface area contributed by atoms with Crippen molar-refractivity contribution in [2.45, 2.75) is 36.0 Å². The van der Waals surface area contributed by atoms with E-state index in [-0.39, 0.29) is 16.1 Å². The van der Waals surface area contributed by atoms with Crippen LogP contribution in [0.25, 0.3) is 0 Å². The molecule has 3 rings (SSSR count). The summed E-state index contributed by atoms with van der Waals surface area (Å²) < 4.78 is 46.4. The van der Waals surface area contributed by atoms with Gasteiger partial charge in [0.05, 0.1) is 12.0 Å². The van der Waals surface area contributed by atoms with Crippen LogP contribution in [0.1, 0.15) is 30.6 Å². The van der Waals surface area contributed by atoms with Crippen LogP contribution >= 0.6 is 11.3 Å². The molecule has 0 aliphatic heterocycles. The Bertz CT molecular complexity index is 797. The molecule has 0 atom stereocenters. The summed E-state index contributed by atoms with van der Waals surface area (Å²) >= 11 is 1.66. The number of benzene rings is 1. The lowest BCUT2D eigenvalue weighted by molar-refractivity contribution is 0.385. The van der Waals surface area contributed by atoms with E-state index in [0.717, 1.165) is 31.7 Å². The third-order valence-corrected chi connectivity index (χ3v) is 7.15. The molecule has 1 aliphatic rings. The molecule has 1 aromatic heterocycles. The van der Waals surface area contributed by atoms with Crippen LogP contribution in [0.4, 0.5) is 4.39 Å². The van der Waals surface area contributed by atoms with Gasteiger partial charge in [0.1, 0.15) is 0 Å². The van der Waals surface area contributed by atoms with Crippen LogP contribution in [0, 0.1) is 5.82 Å². The summed E-state index contributed by atoms with van der Waals surface area (Å²) in [5.74, 6) is -0.658. The highest BCUT2D eigenvalue weighted by Gasteiger charge is 2.37. The summed E-state index contributed by atoms with van der Waals surface area (Å²) in [5, 5.41) is 2.02. The lowest BCUT2D eigenvalue weighted by Crippen LogP contribution is -2.38. The molecule has 0 spiro atoms. The summed E-state index contributed by atoms with van der Waals surface area (Å²) in [7, 11) is -2.42. The molecular weight excluding hydrogens is 349 g/mol. The molecule has 1 aromatic carbocycles. The maximum atomic E-state index is 13.8. The lowest BCUT2D eigenvalue weighted by atomic mass is 9.85. The number of nitrogens with one attached hydrogen (secondary N) is 1. The molecule has 130 valence electrons. The van der Waals surface area contributed by atoms with Crippen molar-refractivity contribution < 1.29 is 17.5 Å². The van der Waals surface area contributed by atoms with E-state index in [4.69, 9.17) is 4.74 Å². The normalized spacial score (nSPS) is 17.1. The average molecular weight is 369 g/mol. The van der Waals surface area contributed by atoms with Gasteiger partial charge in [-0.25, -0.2) is 17.5 Å². The number of hydrogen-bond acceptors (Lipinski definition) is 4. The number of hydrogen-bond donors (Lipinski definition) is 1. The second-order valence-electron chi connectivity index (χ2n) is 6.09. The van der Waals surface area contributed by atoms with Gasteiger partial charge in [-0.2, -0.15) is 0 Å². The standard InChI is InChI=1S/C17H20FNO3S2/c1-22-15-7-6-13(11-14(15)18)24(20,21)19-12-17(8-2-3-9-17)16-5-4-10-23-16/h4-7,10-11,19H,2-3,8-9,12H2,1H3. The van der Waals surface area contributed by atoms with Crippen molar-refractivity contribution in [3.63, 3.8) is 0 Å². The molecule has 1 heterocycles. The predicted octanol–water partition coefficient (Wildman–Crippen LogP) is 3.69. The van der Waals surface area contributed by atoms with Crippen LogP contribution in [0.15, 0.2) is 40.6 Å². The summed E-state index contributed by atoms with van der Waals surface area (Å²) in [6.45, 7) is 0.337. The van der Waals surface area contributed by atoms with Crippen LogP contribution in [0.5, 0.6) is 5.75 Å². The molecule has 0 bridgehead atoms. The van der Waals surface area contributed by atoms with Crippen molar-refractivity contribution in [1.29, 1.82) is 0 Å². The monoisotopic (exact) mass is 369 g/mol. The third-order valence-electron chi connectivity index (χ3n) is 4.64. The topological polar surface area (TPSA) is 55.4 Å². The molecule has 1 N–H and O–H groups in total. The predicted molar refractivity (Wildman–Crippen MR) is 92.6 cm³/mol. The summed E-state index contributed by atoms with van der Waals surface area (Å²) in [6, 6.07) is 7.74. The fraction of sp³-hybridized carbons (Fsp3) is 0.412. The highest BCUT2D eigenvalue weighted by Crippen LogP contribution is 2.42. The van der Waals surface area contributed by atoms with Crippen molar-refractivity contribution in [1.82, 2.24) is 4.72 Å². The first-order valence-electron chi connectivity index (χ1n) is 7.84.